The molecule has 5 rings (SSSR count). The Morgan fingerprint density at radius 3 is 1.03 bits per heavy atom. The molecular formula is C62H84N6+2. The van der Waals surface area contributed by atoms with Crippen molar-refractivity contribution in [2.75, 3.05) is 72.0 Å². The Balaban J connectivity index is 1.62. The van der Waals surface area contributed by atoms with Gasteiger partial charge in [0.1, 0.15) is 0 Å². The van der Waals surface area contributed by atoms with Crippen LogP contribution in [0.4, 0.5) is 45.5 Å². The predicted molar refractivity (Wildman–Crippen MR) is 303 cm³/mol. The Labute approximate surface area is 413 Å². The molecule has 0 heterocycles. The first-order valence-corrected chi connectivity index (χ1v) is 26.0. The van der Waals surface area contributed by atoms with E-state index >= 15 is 0 Å². The maximum atomic E-state index is 2.57. The molecule has 0 saturated carbocycles. The molecule has 0 atom stereocenters. The van der Waals surface area contributed by atoms with E-state index in [9.17, 15) is 0 Å². The summed E-state index contributed by atoms with van der Waals surface area (Å²) >= 11 is 0. The van der Waals surface area contributed by atoms with Crippen LogP contribution in [-0.4, -0.2) is 68.4 Å². The first-order chi connectivity index (χ1) is 33.4. The average molecular weight is 913 g/mol. The molecule has 1 aliphatic carbocycles. The van der Waals surface area contributed by atoms with E-state index in [0.717, 1.165) is 86.5 Å². The fourth-order valence-electron chi connectivity index (χ4n) is 8.53. The molecule has 0 N–H and O–H groups in total. The monoisotopic (exact) mass is 913 g/mol. The maximum absolute atomic E-state index is 2.57. The fraction of sp³-hybridized carbons (Fsp3) is 0.387. The Morgan fingerprint density at radius 1 is 0.368 bits per heavy atom. The van der Waals surface area contributed by atoms with Crippen LogP contribution in [0.15, 0.2) is 170 Å². The molecule has 0 amide bonds. The third kappa shape index (κ3) is 15.4. The highest BCUT2D eigenvalue weighted by atomic mass is 15.2. The van der Waals surface area contributed by atoms with E-state index in [-0.39, 0.29) is 0 Å². The van der Waals surface area contributed by atoms with Crippen molar-refractivity contribution in [2.24, 2.45) is 0 Å². The van der Waals surface area contributed by atoms with Crippen molar-refractivity contribution < 1.29 is 4.58 Å². The van der Waals surface area contributed by atoms with Crippen molar-refractivity contribution in [1.29, 1.82) is 0 Å². The molecule has 6 heteroatoms. The molecule has 0 unspecified atom stereocenters. The molecule has 68 heavy (non-hydrogen) atoms. The molecule has 1 aliphatic rings. The Hall–Kier alpha value is -6.14. The van der Waals surface area contributed by atoms with Gasteiger partial charge in [-0.3, -0.25) is 0 Å². The van der Waals surface area contributed by atoms with E-state index in [2.05, 4.69) is 254 Å². The lowest BCUT2D eigenvalue weighted by Crippen LogP contribution is -2.25. The minimum atomic E-state index is 0.863. The topological polar surface area (TPSA) is 19.0 Å². The molecule has 4 aromatic carbocycles. The van der Waals surface area contributed by atoms with E-state index in [1.54, 1.807) is 0 Å². The summed E-state index contributed by atoms with van der Waals surface area (Å²) in [5.41, 5.74) is 11.7. The van der Waals surface area contributed by atoms with Crippen LogP contribution in [0.1, 0.15) is 107 Å². The van der Waals surface area contributed by atoms with Crippen LogP contribution in [0.25, 0.3) is 0 Å². The summed E-state index contributed by atoms with van der Waals surface area (Å²) in [6.45, 7) is 25.3. The smallest absolute Gasteiger partial charge is 0.212 e. The van der Waals surface area contributed by atoms with Gasteiger partial charge in [-0.1, -0.05) is 89.8 Å². The molecule has 0 spiro atoms. The van der Waals surface area contributed by atoms with E-state index in [4.69, 9.17) is 0 Å². The molecule has 6 nitrogen and oxygen atoms in total. The molecule has 0 fully saturated rings. The number of anilines is 6. The largest absolute Gasteiger partial charge is 0.372 e. The SMILES string of the molecule is CC=CCN(CC=CC)c1ccc(N(c2ccc(N(CCCC)CCCC)cc2)c2ccc([N+](=C3C=CC(=[N+](CC=CC)CC=CC)C=C3)c3ccc(N(CCCC)CCCC)cc3)cc2)cc1. The Morgan fingerprint density at radius 2 is 0.676 bits per heavy atom. The third-order valence-electron chi connectivity index (χ3n) is 12.6. The van der Waals surface area contributed by atoms with E-state index in [1.807, 2.05) is 0 Å². The molecule has 0 aliphatic heterocycles. The molecule has 0 radical (unpaired) electrons. The third-order valence-corrected chi connectivity index (χ3v) is 12.6. The van der Waals surface area contributed by atoms with Crippen molar-refractivity contribution in [3.05, 3.63) is 170 Å². The summed E-state index contributed by atoms with van der Waals surface area (Å²) in [6.07, 6.45) is 36.1. The molecule has 4 aromatic rings. The number of rotatable bonds is 28. The first-order valence-electron chi connectivity index (χ1n) is 26.0. The van der Waals surface area contributed by atoms with Gasteiger partial charge in [-0.05, 0) is 138 Å². The maximum Gasteiger partial charge on any atom is 0.212 e. The summed E-state index contributed by atoms with van der Waals surface area (Å²) in [5.74, 6) is 0. The van der Waals surface area contributed by atoms with Gasteiger partial charge >= 0.3 is 0 Å². The number of unbranched alkanes of at least 4 members (excludes halogenated alkanes) is 4. The Bertz CT molecular complexity index is 2260. The predicted octanol–water partition coefficient (Wildman–Crippen LogP) is 15.9. The minimum Gasteiger partial charge on any atom is -0.372 e. The highest BCUT2D eigenvalue weighted by Gasteiger charge is 2.23. The van der Waals surface area contributed by atoms with Gasteiger partial charge < -0.3 is 19.6 Å². The second-order valence-electron chi connectivity index (χ2n) is 17.7. The van der Waals surface area contributed by atoms with Crippen LogP contribution in [0.2, 0.25) is 0 Å². The summed E-state index contributed by atoms with van der Waals surface area (Å²) in [6, 6.07) is 36.8. The number of allylic oxidation sites excluding steroid dienone is 8. The van der Waals surface area contributed by atoms with Gasteiger partial charge in [-0.15, -0.1) is 0 Å². The molecular weight excluding hydrogens is 829 g/mol. The van der Waals surface area contributed by atoms with Crippen LogP contribution in [0.3, 0.4) is 0 Å². The van der Waals surface area contributed by atoms with Crippen LogP contribution >= 0.6 is 0 Å². The van der Waals surface area contributed by atoms with Crippen LogP contribution in [-0.2, 0) is 0 Å². The zero-order chi connectivity index (χ0) is 48.4. The van der Waals surface area contributed by atoms with Crippen molar-refractivity contribution in [2.45, 2.75) is 107 Å². The van der Waals surface area contributed by atoms with Crippen LogP contribution in [0, 0.1) is 0 Å². The lowest BCUT2D eigenvalue weighted by Gasteiger charge is -2.29. The molecule has 0 aromatic heterocycles. The lowest BCUT2D eigenvalue weighted by atomic mass is 10.1. The van der Waals surface area contributed by atoms with Gasteiger partial charge in [0.05, 0.1) is 0 Å². The highest BCUT2D eigenvalue weighted by molar-refractivity contribution is 6.18. The summed E-state index contributed by atoms with van der Waals surface area (Å²) in [4.78, 5) is 9.94. The second-order valence-corrected chi connectivity index (χ2v) is 17.7. The minimum absolute atomic E-state index is 0.863. The first kappa shape index (κ1) is 52.8. The summed E-state index contributed by atoms with van der Waals surface area (Å²) < 4.78 is 4.81. The molecule has 0 saturated heterocycles. The number of nitrogens with zero attached hydrogens (tertiary/aromatic N) is 6. The Kier molecular flexibility index (Phi) is 23.0. The van der Waals surface area contributed by atoms with Crippen LogP contribution < -0.4 is 24.2 Å². The van der Waals surface area contributed by atoms with Crippen molar-refractivity contribution in [1.82, 2.24) is 4.58 Å². The standard InChI is InChI=1S/C62H84N6/c1-9-17-45-63(46-18-10-2)53-25-33-57(34-26-53)67(58-35-27-54(28-36-58)64(47-19-11-3)48-20-12-4)61-41-43-62(44-42-61)68(59-37-29-55(30-38-59)65(49-21-13-5)50-22-14-6)60-39-31-56(32-40-60)66(51-23-15-7)52-24-16-8/h9-10,13-14,17-18,21-22,25-44H,11-12,15-16,19-20,23-24,45-52H2,1-8H3/q+2. The van der Waals surface area contributed by atoms with Gasteiger partial charge in [0.25, 0.3) is 0 Å². The highest BCUT2D eigenvalue weighted by Crippen LogP contribution is 2.38. The molecule has 0 bridgehead atoms. The number of hydrogen-bond acceptors (Lipinski definition) is 4. The van der Waals surface area contributed by atoms with E-state index in [1.165, 1.54) is 74.1 Å². The second kappa shape index (κ2) is 29.6. The van der Waals surface area contributed by atoms with Gasteiger partial charge in [-0.2, -0.15) is 4.58 Å². The van der Waals surface area contributed by atoms with Crippen molar-refractivity contribution >= 4 is 56.9 Å². The average Bonchev–Trinajstić information content (AvgIpc) is 3.38. The van der Waals surface area contributed by atoms with E-state index in [0.29, 0.717) is 0 Å². The zero-order valence-electron chi connectivity index (χ0n) is 43.2. The van der Waals surface area contributed by atoms with Crippen LogP contribution in [0.5, 0.6) is 0 Å². The van der Waals surface area contributed by atoms with Crippen molar-refractivity contribution in [3.63, 3.8) is 0 Å². The fourth-order valence-corrected chi connectivity index (χ4v) is 8.53. The summed E-state index contributed by atoms with van der Waals surface area (Å²) in [7, 11) is 0. The van der Waals surface area contributed by atoms with Gasteiger partial charge in [0.15, 0.2) is 13.1 Å². The quantitative estimate of drug-likeness (QED) is 0.0321. The van der Waals surface area contributed by atoms with E-state index < -0.39 is 0 Å². The van der Waals surface area contributed by atoms with Crippen molar-refractivity contribution in [3.8, 4) is 0 Å². The summed E-state index contributed by atoms with van der Waals surface area (Å²) in [5, 5.41) is 0. The number of hydrogen-bond donors (Lipinski definition) is 0. The van der Waals surface area contributed by atoms with Gasteiger partial charge in [0.2, 0.25) is 22.8 Å². The normalized spacial score (nSPS) is 12.6. The van der Waals surface area contributed by atoms with Gasteiger partial charge in [0, 0.05) is 122 Å². The number of benzene rings is 4. The molecule has 360 valence electrons. The van der Waals surface area contributed by atoms with Gasteiger partial charge in [-0.25, -0.2) is 4.58 Å². The zero-order valence-corrected chi connectivity index (χ0v) is 43.2. The lowest BCUT2D eigenvalue weighted by molar-refractivity contribution is -0.505.